The van der Waals surface area contributed by atoms with Gasteiger partial charge in [-0.15, -0.1) is 0 Å². The number of ether oxygens (including phenoxy) is 15. The summed E-state index contributed by atoms with van der Waals surface area (Å²) in [6.07, 6.45) is -16.4. The number of aliphatic hydroxyl groups is 9. The summed E-state index contributed by atoms with van der Waals surface area (Å²) in [5, 5.41) is 120. The highest BCUT2D eigenvalue weighted by molar-refractivity contribution is 5.90. The van der Waals surface area contributed by atoms with E-state index in [4.69, 9.17) is 71.1 Å². The summed E-state index contributed by atoms with van der Waals surface area (Å²) in [7, 11) is 0. The molecule has 0 aromatic rings. The van der Waals surface area contributed by atoms with E-state index in [2.05, 4.69) is 42.5 Å². The van der Waals surface area contributed by atoms with Crippen molar-refractivity contribution in [3.63, 3.8) is 0 Å². The third-order valence-corrected chi connectivity index (χ3v) is 14.7. The second kappa shape index (κ2) is 52.7. The Labute approximate surface area is 577 Å². The van der Waals surface area contributed by atoms with Gasteiger partial charge in [0.2, 0.25) is 41.4 Å². The van der Waals surface area contributed by atoms with Crippen molar-refractivity contribution in [3.05, 3.63) is 0 Å². The molecule has 3 fully saturated rings. The fraction of sp³-hybridized carbons (Fsp3) is 0.864. The summed E-state index contributed by atoms with van der Waals surface area (Å²) >= 11 is 0. The molecular formula is C59H106N8O33. The molecule has 580 valence electrons. The Balaban J connectivity index is 1.34. The monoisotopic (exact) mass is 1450 g/mol. The number of unbranched alkanes of at least 4 members (excludes halogenated alkanes) is 1. The first-order valence-electron chi connectivity index (χ1n) is 32.9. The lowest BCUT2D eigenvalue weighted by molar-refractivity contribution is -0.272. The van der Waals surface area contributed by atoms with Gasteiger partial charge in [-0.2, -0.15) is 0 Å². The number of carboxylic acids is 1. The minimum atomic E-state index is -1.62. The lowest BCUT2D eigenvalue weighted by atomic mass is 9.97. The first-order chi connectivity index (χ1) is 48.0. The second-order valence-electron chi connectivity index (χ2n) is 22.6. The molecule has 3 aliphatic rings. The van der Waals surface area contributed by atoms with Gasteiger partial charge in [0.1, 0.15) is 98.9 Å². The number of carbonyl (C=O) groups excluding carboxylic acids is 7. The summed E-state index contributed by atoms with van der Waals surface area (Å²) in [6.45, 7) is 2.33. The van der Waals surface area contributed by atoms with Crippen molar-refractivity contribution in [2.75, 3.05) is 178 Å². The fourth-order valence-electron chi connectivity index (χ4n) is 9.64. The number of nitrogens with one attached hydrogen (secondary N) is 8. The van der Waals surface area contributed by atoms with E-state index < -0.39 is 178 Å². The summed E-state index contributed by atoms with van der Waals surface area (Å²) in [5.41, 5.74) is 0. The van der Waals surface area contributed by atoms with Crippen molar-refractivity contribution >= 4 is 47.3 Å². The molecule has 0 aromatic carbocycles. The van der Waals surface area contributed by atoms with Crippen molar-refractivity contribution in [2.24, 2.45) is 0 Å². The van der Waals surface area contributed by atoms with Crippen LogP contribution in [0.25, 0.3) is 0 Å². The average Bonchev–Trinajstić information content (AvgIpc) is 0.825. The molecule has 41 heteroatoms. The minimum absolute atomic E-state index is 0.00554. The normalized spacial score (nSPS) is 25.8. The molecule has 3 aliphatic heterocycles. The Hall–Kier alpha value is -5.24. The van der Waals surface area contributed by atoms with E-state index in [9.17, 15) is 89.4 Å². The van der Waals surface area contributed by atoms with E-state index in [1.165, 1.54) is 20.8 Å². The second-order valence-corrected chi connectivity index (χ2v) is 22.6. The summed E-state index contributed by atoms with van der Waals surface area (Å²) in [5.74, 6) is -5.42. The quantitative estimate of drug-likeness (QED) is 0.0199. The van der Waals surface area contributed by atoms with Crippen LogP contribution in [0.1, 0.15) is 46.5 Å². The van der Waals surface area contributed by atoms with Gasteiger partial charge < -0.3 is 159 Å². The molecule has 41 nitrogen and oxygen atoms in total. The van der Waals surface area contributed by atoms with Gasteiger partial charge >= 0.3 is 5.97 Å². The molecule has 0 radical (unpaired) electrons. The van der Waals surface area contributed by atoms with Crippen LogP contribution in [0.15, 0.2) is 0 Å². The topological polar surface area (TPSA) is 574 Å². The third kappa shape index (κ3) is 36.3. The van der Waals surface area contributed by atoms with Crippen LogP contribution < -0.4 is 42.5 Å². The summed E-state index contributed by atoms with van der Waals surface area (Å²) < 4.78 is 82.1. The molecule has 0 bridgehead atoms. The largest absolute Gasteiger partial charge is 0.479 e. The third-order valence-electron chi connectivity index (χ3n) is 14.7. The maximum Gasteiger partial charge on any atom is 0.341 e. The molecule has 0 aromatic heterocycles. The lowest BCUT2D eigenvalue weighted by Crippen LogP contribution is -2.64. The first-order valence-corrected chi connectivity index (χ1v) is 32.9. The molecule has 18 N–H and O–H groups in total. The van der Waals surface area contributed by atoms with E-state index in [-0.39, 0.29) is 171 Å². The zero-order valence-electron chi connectivity index (χ0n) is 56.6. The van der Waals surface area contributed by atoms with Gasteiger partial charge in [0.05, 0.1) is 139 Å². The lowest BCUT2D eigenvalue weighted by Gasteiger charge is -2.42. The maximum absolute atomic E-state index is 13.6. The predicted molar refractivity (Wildman–Crippen MR) is 335 cm³/mol. The number of aliphatic carboxylic acids is 1. The van der Waals surface area contributed by atoms with Crippen molar-refractivity contribution in [3.8, 4) is 0 Å². The highest BCUT2D eigenvalue weighted by Crippen LogP contribution is 2.25. The van der Waals surface area contributed by atoms with Crippen LogP contribution in [0.5, 0.6) is 0 Å². The van der Waals surface area contributed by atoms with Crippen LogP contribution in [-0.2, 0) is 109 Å². The van der Waals surface area contributed by atoms with Crippen LogP contribution in [0.3, 0.4) is 0 Å². The van der Waals surface area contributed by atoms with E-state index in [1.807, 2.05) is 0 Å². The van der Waals surface area contributed by atoms with Gasteiger partial charge in [0.25, 0.3) is 0 Å². The zero-order valence-corrected chi connectivity index (χ0v) is 56.6. The maximum atomic E-state index is 13.6. The van der Waals surface area contributed by atoms with Crippen molar-refractivity contribution < 1.29 is 160 Å². The number of aliphatic hydroxyl groups excluding tert-OH is 9. The van der Waals surface area contributed by atoms with Gasteiger partial charge in [-0.25, -0.2) is 4.79 Å². The summed E-state index contributed by atoms with van der Waals surface area (Å²) in [6, 6.07) is -4.55. The number of hydrogen-bond donors (Lipinski definition) is 18. The molecule has 0 aliphatic carbocycles. The Kier molecular flexibility index (Phi) is 46.9. The van der Waals surface area contributed by atoms with Gasteiger partial charge in [0, 0.05) is 33.9 Å². The zero-order chi connectivity index (χ0) is 73.6. The van der Waals surface area contributed by atoms with E-state index in [0.29, 0.717) is 6.42 Å². The molecule has 3 heterocycles. The molecule has 100 heavy (non-hydrogen) atoms. The standard InChI is InChI=1S/C59H106N8O33/c1-35(71)63-45-51(80)48(77)39(29-68)98-57(45)95-26-23-89-14-11-86-17-20-92-32-42(74)60-8-5-4-7-38(66-44(76)34-94-22-19-88-13-16-91-25-28-97-59-47(65-37(3)73)53(82)50(79)41(31-70)100-59)55(83)67-54(56(84)85)62-10-6-9-61-43(75)33-93-21-18-87-12-15-90-24-27-96-58-46(64-36(2)72)52(81)49(78)40(30-69)99-58/h38-41,45-54,57-59,62,68-70,77-82H,4-34H2,1-3H3,(H,60,74)(H,61,75)(H,63,71)(H,64,72)(H,65,73)(H,66,76)(H,67,83)(H,84,85)/t38-,39+,40+,41+,45+,46+,47+,48-,49-,50-,51+,52+,53+,54+,57+,58+,59+/m0/s1. The number of rotatable bonds is 56. The highest BCUT2D eigenvalue weighted by Gasteiger charge is 2.48. The number of carbonyl (C=O) groups is 8. The molecule has 0 unspecified atom stereocenters. The van der Waals surface area contributed by atoms with E-state index >= 15 is 0 Å². The van der Waals surface area contributed by atoms with Crippen LogP contribution in [0.4, 0.5) is 0 Å². The minimum Gasteiger partial charge on any atom is -0.479 e. The molecule has 3 rings (SSSR count). The number of carboxylic acid groups (broad SMARTS) is 1. The molecule has 0 saturated carbocycles. The number of hydrogen-bond acceptors (Lipinski definition) is 33. The van der Waals surface area contributed by atoms with Crippen LogP contribution in [-0.4, -0.2) is 381 Å². The Morgan fingerprint density at radius 1 is 0.380 bits per heavy atom. The Morgan fingerprint density at radius 2 is 0.690 bits per heavy atom. The van der Waals surface area contributed by atoms with Crippen LogP contribution in [0.2, 0.25) is 0 Å². The van der Waals surface area contributed by atoms with Crippen LogP contribution >= 0.6 is 0 Å². The molecule has 0 spiro atoms. The molecular weight excluding hydrogens is 1350 g/mol. The Morgan fingerprint density at radius 3 is 1.01 bits per heavy atom. The first kappa shape index (κ1) is 89.0. The fourth-order valence-corrected chi connectivity index (χ4v) is 9.64. The molecule has 17 atom stereocenters. The van der Waals surface area contributed by atoms with Crippen LogP contribution in [0, 0.1) is 0 Å². The molecule has 7 amide bonds. The SMILES string of the molecule is CC(=O)N[C@H]1[C@H](OCCOCCOCCOCC(=O)NCCCC[C@H](NC(=O)COCCOCCOCCO[C@@H]2O[C@H](CO)[C@H](O)[C@H](O)[C@H]2NC(C)=O)C(=O)N[C@@H](NCCCNC(=O)COCCOCCOCCO[C@@H]2O[C@H](CO)[C@H](O)[C@H](O)[C@H]2NC(C)=O)C(=O)O)O[C@H](CO)[C@H](O)[C@@H]1O. The van der Waals surface area contributed by atoms with E-state index in [0.717, 1.165) is 0 Å². The molecule has 3 saturated heterocycles. The van der Waals surface area contributed by atoms with E-state index in [1.54, 1.807) is 0 Å². The number of amides is 7. The Bertz CT molecular complexity index is 2320. The van der Waals surface area contributed by atoms with Gasteiger partial charge in [0.15, 0.2) is 25.0 Å². The van der Waals surface area contributed by atoms with Gasteiger partial charge in [-0.05, 0) is 32.2 Å². The summed E-state index contributed by atoms with van der Waals surface area (Å²) in [4.78, 5) is 98.6. The van der Waals surface area contributed by atoms with Crippen molar-refractivity contribution in [1.82, 2.24) is 42.5 Å². The highest BCUT2D eigenvalue weighted by atomic mass is 16.7. The smallest absolute Gasteiger partial charge is 0.341 e. The van der Waals surface area contributed by atoms with Crippen molar-refractivity contribution in [1.29, 1.82) is 0 Å². The van der Waals surface area contributed by atoms with Gasteiger partial charge in [-0.1, -0.05) is 0 Å². The predicted octanol–water partition coefficient (Wildman–Crippen LogP) is -10.6. The average molecular weight is 1460 g/mol. The van der Waals surface area contributed by atoms with Crippen molar-refractivity contribution in [2.45, 2.75) is 151 Å². The van der Waals surface area contributed by atoms with Gasteiger partial charge in [-0.3, -0.25) is 38.9 Å².